The van der Waals surface area contributed by atoms with Gasteiger partial charge < -0.3 is 10.2 Å². The standard InChI is InChI=1S/C13H28N2.ClH/c1-11(2)8-15(12(3)4)10-13(5)6-7-14-9-13;/h11-12,14H,6-10H2,1-5H3;1H. The van der Waals surface area contributed by atoms with Crippen LogP contribution in [0.2, 0.25) is 0 Å². The van der Waals surface area contributed by atoms with Crippen LogP contribution in [0.3, 0.4) is 0 Å². The Bertz CT molecular complexity index is 186. The lowest BCUT2D eigenvalue weighted by molar-refractivity contribution is 0.130. The van der Waals surface area contributed by atoms with Crippen molar-refractivity contribution in [2.45, 2.75) is 47.1 Å². The summed E-state index contributed by atoms with van der Waals surface area (Å²) in [4.78, 5) is 2.64. The van der Waals surface area contributed by atoms with E-state index in [2.05, 4.69) is 44.8 Å². The van der Waals surface area contributed by atoms with Crippen molar-refractivity contribution in [2.75, 3.05) is 26.2 Å². The summed E-state index contributed by atoms with van der Waals surface area (Å²) in [7, 11) is 0. The average Bonchev–Trinajstić information content (AvgIpc) is 2.50. The van der Waals surface area contributed by atoms with E-state index in [1.807, 2.05) is 0 Å². The average molecular weight is 249 g/mol. The third kappa shape index (κ3) is 5.03. The summed E-state index contributed by atoms with van der Waals surface area (Å²) in [5.74, 6) is 0.769. The molecule has 0 aromatic rings. The van der Waals surface area contributed by atoms with E-state index in [-0.39, 0.29) is 12.4 Å². The van der Waals surface area contributed by atoms with Gasteiger partial charge in [-0.05, 0) is 38.1 Å². The van der Waals surface area contributed by atoms with Crippen LogP contribution in [0.4, 0.5) is 0 Å². The van der Waals surface area contributed by atoms with Gasteiger partial charge in [-0.2, -0.15) is 0 Å². The van der Waals surface area contributed by atoms with Gasteiger partial charge >= 0.3 is 0 Å². The summed E-state index contributed by atoms with van der Waals surface area (Å²) < 4.78 is 0. The van der Waals surface area contributed by atoms with Gasteiger partial charge in [0.2, 0.25) is 0 Å². The second-order valence-corrected chi connectivity index (χ2v) is 6.15. The summed E-state index contributed by atoms with van der Waals surface area (Å²) >= 11 is 0. The first kappa shape index (κ1) is 16.2. The van der Waals surface area contributed by atoms with Crippen LogP contribution in [0.15, 0.2) is 0 Å². The van der Waals surface area contributed by atoms with E-state index < -0.39 is 0 Å². The number of nitrogens with one attached hydrogen (secondary N) is 1. The molecule has 1 aliphatic heterocycles. The molecular formula is C13H29ClN2. The third-order valence-electron chi connectivity index (χ3n) is 3.37. The molecule has 3 heteroatoms. The number of hydrogen-bond acceptors (Lipinski definition) is 2. The minimum absolute atomic E-state index is 0. The van der Waals surface area contributed by atoms with E-state index in [1.54, 1.807) is 0 Å². The van der Waals surface area contributed by atoms with Crippen LogP contribution < -0.4 is 5.32 Å². The molecule has 0 bridgehead atoms. The second kappa shape index (κ2) is 6.83. The van der Waals surface area contributed by atoms with Crippen LogP contribution >= 0.6 is 12.4 Å². The highest BCUT2D eigenvalue weighted by Crippen LogP contribution is 2.26. The topological polar surface area (TPSA) is 15.3 Å². The zero-order valence-electron chi connectivity index (χ0n) is 11.5. The molecule has 1 atom stereocenters. The van der Waals surface area contributed by atoms with Gasteiger partial charge in [0.25, 0.3) is 0 Å². The summed E-state index contributed by atoms with van der Waals surface area (Å²) in [5, 5.41) is 3.48. The smallest absolute Gasteiger partial charge is 0.00508 e. The Morgan fingerprint density at radius 3 is 2.25 bits per heavy atom. The molecule has 1 fully saturated rings. The number of halogens is 1. The van der Waals surface area contributed by atoms with Crippen LogP contribution in [-0.4, -0.2) is 37.1 Å². The van der Waals surface area contributed by atoms with Gasteiger partial charge in [0.05, 0.1) is 0 Å². The number of nitrogens with zero attached hydrogens (tertiary/aromatic N) is 1. The molecule has 0 aromatic carbocycles. The predicted octanol–water partition coefficient (Wildman–Crippen LogP) is 2.77. The lowest BCUT2D eigenvalue weighted by Gasteiger charge is -2.35. The van der Waals surface area contributed by atoms with Gasteiger partial charge in [-0.1, -0.05) is 20.8 Å². The van der Waals surface area contributed by atoms with Gasteiger partial charge in [0, 0.05) is 25.7 Å². The van der Waals surface area contributed by atoms with E-state index in [0.717, 1.165) is 5.92 Å². The Hall–Kier alpha value is 0.210. The normalized spacial score (nSPS) is 25.5. The lowest BCUT2D eigenvalue weighted by atomic mass is 9.88. The molecule has 1 saturated heterocycles. The molecular weight excluding hydrogens is 220 g/mol. The molecule has 0 radical (unpaired) electrons. The van der Waals surface area contributed by atoms with Gasteiger partial charge in [-0.25, -0.2) is 0 Å². The number of hydrogen-bond donors (Lipinski definition) is 1. The highest BCUT2D eigenvalue weighted by Gasteiger charge is 2.31. The highest BCUT2D eigenvalue weighted by molar-refractivity contribution is 5.85. The molecule has 0 spiro atoms. The summed E-state index contributed by atoms with van der Waals surface area (Å²) in [6.07, 6.45) is 1.33. The zero-order chi connectivity index (χ0) is 11.5. The maximum Gasteiger partial charge on any atom is 0.00508 e. The van der Waals surface area contributed by atoms with E-state index in [9.17, 15) is 0 Å². The quantitative estimate of drug-likeness (QED) is 0.805. The maximum atomic E-state index is 3.48. The van der Waals surface area contributed by atoms with Gasteiger partial charge in [0.1, 0.15) is 0 Å². The fourth-order valence-corrected chi connectivity index (χ4v) is 2.42. The zero-order valence-corrected chi connectivity index (χ0v) is 12.4. The maximum absolute atomic E-state index is 3.48. The molecule has 2 nitrogen and oxygen atoms in total. The molecule has 98 valence electrons. The lowest BCUT2D eigenvalue weighted by Crippen LogP contribution is -2.42. The Morgan fingerprint density at radius 1 is 1.25 bits per heavy atom. The predicted molar refractivity (Wildman–Crippen MR) is 74.4 cm³/mol. The first-order valence-corrected chi connectivity index (χ1v) is 6.38. The van der Waals surface area contributed by atoms with Crippen LogP contribution in [-0.2, 0) is 0 Å². The fraction of sp³-hybridized carbons (Fsp3) is 1.00. The third-order valence-corrected chi connectivity index (χ3v) is 3.37. The van der Waals surface area contributed by atoms with Crippen molar-refractivity contribution in [3.63, 3.8) is 0 Å². The van der Waals surface area contributed by atoms with E-state index in [0.29, 0.717) is 11.5 Å². The summed E-state index contributed by atoms with van der Waals surface area (Å²) in [6, 6.07) is 0.671. The minimum atomic E-state index is 0. The van der Waals surface area contributed by atoms with Crippen molar-refractivity contribution in [2.24, 2.45) is 11.3 Å². The Balaban J connectivity index is 0.00000225. The Kier molecular flexibility index (Phi) is 6.92. The summed E-state index contributed by atoms with van der Waals surface area (Å²) in [5.41, 5.74) is 0.499. The molecule has 0 saturated carbocycles. The van der Waals surface area contributed by atoms with E-state index >= 15 is 0 Å². The molecule has 0 aliphatic carbocycles. The molecule has 0 amide bonds. The number of rotatable bonds is 5. The minimum Gasteiger partial charge on any atom is -0.316 e. The molecule has 1 unspecified atom stereocenters. The van der Waals surface area contributed by atoms with Crippen molar-refractivity contribution in [1.29, 1.82) is 0 Å². The molecule has 1 rings (SSSR count). The first-order chi connectivity index (χ1) is 6.93. The molecule has 1 heterocycles. The van der Waals surface area contributed by atoms with Crippen molar-refractivity contribution in [1.82, 2.24) is 10.2 Å². The van der Waals surface area contributed by atoms with Crippen molar-refractivity contribution in [3.05, 3.63) is 0 Å². The largest absolute Gasteiger partial charge is 0.316 e. The van der Waals surface area contributed by atoms with Crippen molar-refractivity contribution >= 4 is 12.4 Å². The molecule has 1 N–H and O–H groups in total. The van der Waals surface area contributed by atoms with Crippen LogP contribution in [0.5, 0.6) is 0 Å². The van der Waals surface area contributed by atoms with Gasteiger partial charge in [-0.15, -0.1) is 12.4 Å². The van der Waals surface area contributed by atoms with Crippen LogP contribution in [0, 0.1) is 11.3 Å². The van der Waals surface area contributed by atoms with Crippen LogP contribution in [0.1, 0.15) is 41.0 Å². The Labute approximate surface area is 108 Å². The molecule has 1 aliphatic rings. The van der Waals surface area contributed by atoms with E-state index in [1.165, 1.54) is 32.6 Å². The molecule has 16 heavy (non-hydrogen) atoms. The van der Waals surface area contributed by atoms with Gasteiger partial charge in [0.15, 0.2) is 0 Å². The first-order valence-electron chi connectivity index (χ1n) is 6.38. The fourth-order valence-electron chi connectivity index (χ4n) is 2.42. The highest BCUT2D eigenvalue weighted by atomic mass is 35.5. The second-order valence-electron chi connectivity index (χ2n) is 6.15. The Morgan fingerprint density at radius 2 is 1.88 bits per heavy atom. The monoisotopic (exact) mass is 248 g/mol. The van der Waals surface area contributed by atoms with Crippen molar-refractivity contribution in [3.8, 4) is 0 Å². The van der Waals surface area contributed by atoms with Crippen molar-refractivity contribution < 1.29 is 0 Å². The summed E-state index contributed by atoms with van der Waals surface area (Å²) in [6.45, 7) is 16.5. The SMILES string of the molecule is CC(C)CN(CC1(C)CCNC1)C(C)C.Cl. The van der Waals surface area contributed by atoms with E-state index in [4.69, 9.17) is 0 Å². The molecule has 0 aromatic heterocycles. The van der Waals surface area contributed by atoms with Gasteiger partial charge in [-0.3, -0.25) is 0 Å². The van der Waals surface area contributed by atoms with Crippen LogP contribution in [0.25, 0.3) is 0 Å².